The van der Waals surface area contributed by atoms with Gasteiger partial charge in [-0.05, 0) is 71.6 Å². The van der Waals surface area contributed by atoms with Crippen LogP contribution in [0.4, 0.5) is 0 Å². The molecule has 1 saturated carbocycles. The summed E-state index contributed by atoms with van der Waals surface area (Å²) in [5.74, 6) is 0.889. The molecule has 0 heterocycles. The van der Waals surface area contributed by atoms with Gasteiger partial charge in [0.1, 0.15) is 5.75 Å². The number of rotatable bonds is 4. The minimum Gasteiger partial charge on any atom is -0.496 e. The highest BCUT2D eigenvalue weighted by Crippen LogP contribution is 2.36. The Hall–Kier alpha value is -0.540. The Kier molecular flexibility index (Phi) is 5.14. The van der Waals surface area contributed by atoms with Crippen molar-refractivity contribution in [1.29, 1.82) is 0 Å². The number of halogens is 1. The van der Waals surface area contributed by atoms with E-state index in [4.69, 9.17) is 4.74 Å². The predicted octanol–water partition coefficient (Wildman–Crippen LogP) is 5.08. The molecule has 2 nitrogen and oxygen atoms in total. The maximum absolute atomic E-state index is 5.29. The van der Waals surface area contributed by atoms with E-state index in [0.29, 0.717) is 17.5 Å². The van der Waals surface area contributed by atoms with Crippen molar-refractivity contribution < 1.29 is 4.74 Å². The summed E-state index contributed by atoms with van der Waals surface area (Å²) in [5.41, 5.74) is 1.84. The molecular formula is C17H26BrNO. The molecule has 0 amide bonds. The van der Waals surface area contributed by atoms with Gasteiger partial charge in [-0.15, -0.1) is 0 Å². The third-order valence-electron chi connectivity index (χ3n) is 4.50. The lowest BCUT2D eigenvalue weighted by molar-refractivity contribution is 0.200. The fourth-order valence-corrected chi connectivity index (χ4v) is 3.53. The first-order valence-corrected chi connectivity index (χ1v) is 8.30. The van der Waals surface area contributed by atoms with Gasteiger partial charge in [-0.25, -0.2) is 0 Å². The smallest absolute Gasteiger partial charge is 0.133 e. The average molecular weight is 340 g/mol. The van der Waals surface area contributed by atoms with Crippen LogP contribution in [0.3, 0.4) is 0 Å². The molecule has 1 aliphatic rings. The molecule has 1 atom stereocenters. The van der Waals surface area contributed by atoms with Crippen molar-refractivity contribution in [2.75, 3.05) is 7.11 Å². The minimum absolute atomic E-state index is 0.378. The van der Waals surface area contributed by atoms with Crippen molar-refractivity contribution in [3.8, 4) is 5.75 Å². The summed E-state index contributed by atoms with van der Waals surface area (Å²) in [7, 11) is 1.70. The van der Waals surface area contributed by atoms with Gasteiger partial charge in [0.05, 0.1) is 11.6 Å². The molecule has 1 aromatic rings. The summed E-state index contributed by atoms with van der Waals surface area (Å²) in [6.45, 7) is 7.01. The second-order valence-corrected chi connectivity index (χ2v) is 7.58. The van der Waals surface area contributed by atoms with Gasteiger partial charge < -0.3 is 10.1 Å². The first kappa shape index (κ1) is 15.8. The van der Waals surface area contributed by atoms with E-state index >= 15 is 0 Å². The largest absolute Gasteiger partial charge is 0.496 e. The van der Waals surface area contributed by atoms with Crippen molar-refractivity contribution in [2.45, 2.75) is 58.5 Å². The highest BCUT2D eigenvalue weighted by molar-refractivity contribution is 9.10. The van der Waals surface area contributed by atoms with Crippen LogP contribution < -0.4 is 10.1 Å². The summed E-state index contributed by atoms with van der Waals surface area (Å²) in [5, 5.41) is 3.78. The first-order valence-electron chi connectivity index (χ1n) is 7.51. The molecule has 1 aliphatic carbocycles. The van der Waals surface area contributed by atoms with Crippen molar-refractivity contribution in [1.82, 2.24) is 5.32 Å². The Morgan fingerprint density at radius 3 is 2.50 bits per heavy atom. The number of hydrogen-bond donors (Lipinski definition) is 1. The van der Waals surface area contributed by atoms with Crippen LogP contribution in [0, 0.1) is 5.41 Å². The third kappa shape index (κ3) is 3.98. The number of methoxy groups -OCH3 is 1. The first-order chi connectivity index (χ1) is 9.41. The van der Waals surface area contributed by atoms with E-state index in [-0.39, 0.29) is 0 Å². The quantitative estimate of drug-likeness (QED) is 0.825. The highest BCUT2D eigenvalue weighted by Gasteiger charge is 2.27. The zero-order valence-corrected chi connectivity index (χ0v) is 14.6. The molecule has 0 bridgehead atoms. The molecule has 0 aromatic heterocycles. The normalized spacial score (nSPS) is 20.6. The van der Waals surface area contributed by atoms with Crippen LogP contribution >= 0.6 is 15.9 Å². The van der Waals surface area contributed by atoms with Crippen LogP contribution in [0.25, 0.3) is 0 Å². The second-order valence-electron chi connectivity index (χ2n) is 6.72. The van der Waals surface area contributed by atoms with E-state index in [1.807, 2.05) is 6.07 Å². The molecule has 3 heteroatoms. The van der Waals surface area contributed by atoms with Crippen molar-refractivity contribution in [2.24, 2.45) is 5.41 Å². The summed E-state index contributed by atoms with van der Waals surface area (Å²) in [6, 6.07) is 7.36. The maximum atomic E-state index is 5.29. The van der Waals surface area contributed by atoms with Crippen molar-refractivity contribution in [3.63, 3.8) is 0 Å². The lowest BCUT2D eigenvalue weighted by atomic mass is 9.75. The number of ether oxygens (including phenoxy) is 1. The SMILES string of the molecule is COc1ccc(C(C)NC2CCC(C)(C)CC2)cc1Br. The van der Waals surface area contributed by atoms with E-state index in [9.17, 15) is 0 Å². The van der Waals surface area contributed by atoms with Gasteiger partial charge in [-0.1, -0.05) is 19.9 Å². The van der Waals surface area contributed by atoms with Crippen LogP contribution in [0.5, 0.6) is 5.75 Å². The molecule has 1 unspecified atom stereocenters. The van der Waals surface area contributed by atoms with Gasteiger partial charge in [0.15, 0.2) is 0 Å². The van der Waals surface area contributed by atoms with E-state index in [1.54, 1.807) is 7.11 Å². The summed E-state index contributed by atoms with van der Waals surface area (Å²) >= 11 is 3.56. The van der Waals surface area contributed by atoms with Crippen LogP contribution in [-0.2, 0) is 0 Å². The Morgan fingerprint density at radius 1 is 1.30 bits per heavy atom. The van der Waals surface area contributed by atoms with E-state index in [0.717, 1.165) is 10.2 Å². The Balaban J connectivity index is 1.95. The van der Waals surface area contributed by atoms with Crippen LogP contribution in [0.1, 0.15) is 58.1 Å². The number of benzene rings is 1. The molecule has 112 valence electrons. The van der Waals surface area contributed by atoms with E-state index in [1.165, 1.54) is 31.2 Å². The molecule has 0 radical (unpaired) electrons. The van der Waals surface area contributed by atoms with Crippen LogP contribution in [0.2, 0.25) is 0 Å². The average Bonchev–Trinajstić information content (AvgIpc) is 2.41. The monoisotopic (exact) mass is 339 g/mol. The number of hydrogen-bond acceptors (Lipinski definition) is 2. The molecule has 0 saturated heterocycles. The second kappa shape index (κ2) is 6.48. The zero-order chi connectivity index (χ0) is 14.8. The molecule has 20 heavy (non-hydrogen) atoms. The maximum Gasteiger partial charge on any atom is 0.133 e. The molecule has 1 fully saturated rings. The fourth-order valence-electron chi connectivity index (χ4n) is 2.97. The molecule has 0 aliphatic heterocycles. The Morgan fingerprint density at radius 2 is 1.95 bits per heavy atom. The molecule has 0 spiro atoms. The summed E-state index contributed by atoms with van der Waals surface area (Å²) in [4.78, 5) is 0. The van der Waals surface area contributed by atoms with Gasteiger partial charge >= 0.3 is 0 Å². The van der Waals surface area contributed by atoms with Gasteiger partial charge in [-0.2, -0.15) is 0 Å². The molecular weight excluding hydrogens is 314 g/mol. The Bertz CT molecular complexity index is 448. The molecule has 2 rings (SSSR count). The Labute approximate surface area is 131 Å². The molecule has 1 aromatic carbocycles. The van der Waals surface area contributed by atoms with Gasteiger partial charge in [0, 0.05) is 12.1 Å². The van der Waals surface area contributed by atoms with Gasteiger partial charge in [0.25, 0.3) is 0 Å². The zero-order valence-electron chi connectivity index (χ0n) is 13.0. The van der Waals surface area contributed by atoms with Crippen molar-refractivity contribution in [3.05, 3.63) is 28.2 Å². The topological polar surface area (TPSA) is 21.3 Å². The van der Waals surface area contributed by atoms with Crippen molar-refractivity contribution >= 4 is 15.9 Å². The van der Waals surface area contributed by atoms with Gasteiger partial charge in [0.2, 0.25) is 0 Å². The lowest BCUT2D eigenvalue weighted by Gasteiger charge is -2.36. The lowest BCUT2D eigenvalue weighted by Crippen LogP contribution is -2.37. The van der Waals surface area contributed by atoms with E-state index in [2.05, 4.69) is 54.2 Å². The van der Waals surface area contributed by atoms with Crippen LogP contribution in [0.15, 0.2) is 22.7 Å². The highest BCUT2D eigenvalue weighted by atomic mass is 79.9. The molecule has 1 N–H and O–H groups in total. The minimum atomic E-state index is 0.378. The predicted molar refractivity (Wildman–Crippen MR) is 88.3 cm³/mol. The standard InChI is InChI=1S/C17H26BrNO/c1-12(13-5-6-16(20-4)15(18)11-13)19-14-7-9-17(2,3)10-8-14/h5-6,11-12,14,19H,7-10H2,1-4H3. The fraction of sp³-hybridized carbons (Fsp3) is 0.647. The summed E-state index contributed by atoms with van der Waals surface area (Å²) in [6.07, 6.45) is 5.22. The summed E-state index contributed by atoms with van der Waals surface area (Å²) < 4.78 is 6.31. The van der Waals surface area contributed by atoms with E-state index < -0.39 is 0 Å². The third-order valence-corrected chi connectivity index (χ3v) is 5.12. The number of nitrogens with one attached hydrogen (secondary N) is 1. The van der Waals surface area contributed by atoms with Gasteiger partial charge in [-0.3, -0.25) is 0 Å². The van der Waals surface area contributed by atoms with Crippen LogP contribution in [-0.4, -0.2) is 13.2 Å².